The summed E-state index contributed by atoms with van der Waals surface area (Å²) in [5.74, 6) is -0.330. The van der Waals surface area contributed by atoms with E-state index in [4.69, 9.17) is 0 Å². The number of ether oxygens (including phenoxy) is 1. The highest BCUT2D eigenvalue weighted by Gasteiger charge is 2.04. The highest BCUT2D eigenvalue weighted by atomic mass is 16.6. The summed E-state index contributed by atoms with van der Waals surface area (Å²) in [5.41, 5.74) is 2.35. The Morgan fingerprint density at radius 1 is 1.22 bits per heavy atom. The van der Waals surface area contributed by atoms with Gasteiger partial charge in [-0.15, -0.1) is 0 Å². The van der Waals surface area contributed by atoms with Gasteiger partial charge in [-0.25, -0.2) is 4.79 Å². The molecule has 18 heavy (non-hydrogen) atoms. The predicted octanol–water partition coefficient (Wildman–Crippen LogP) is 1.01. The van der Waals surface area contributed by atoms with E-state index < -0.39 is 6.09 Å². The number of nitrogens with one attached hydrogen (secondary N) is 2. The summed E-state index contributed by atoms with van der Waals surface area (Å²) in [4.78, 5) is 22.0. The van der Waals surface area contributed by atoms with Gasteiger partial charge in [0.2, 0.25) is 0 Å². The molecule has 5 heteroatoms. The summed E-state index contributed by atoms with van der Waals surface area (Å²) >= 11 is 0. The largest absolute Gasteiger partial charge is 0.439 e. The first-order valence-electron chi connectivity index (χ1n) is 5.78. The molecule has 1 aromatic rings. The third-order valence-corrected chi connectivity index (χ3v) is 2.42. The van der Waals surface area contributed by atoms with Crippen molar-refractivity contribution in [2.24, 2.45) is 0 Å². The molecular formula is C13H18N2O3. The number of aryl methyl sites for hydroxylation is 1. The van der Waals surface area contributed by atoms with E-state index in [9.17, 15) is 9.59 Å². The molecule has 5 nitrogen and oxygen atoms in total. The van der Waals surface area contributed by atoms with E-state index in [1.807, 2.05) is 31.2 Å². The molecule has 0 fully saturated rings. The van der Waals surface area contributed by atoms with Crippen LogP contribution < -0.4 is 10.6 Å². The molecule has 98 valence electrons. The Bertz CT molecular complexity index is 401. The van der Waals surface area contributed by atoms with Crippen molar-refractivity contribution in [2.45, 2.75) is 13.3 Å². The molecule has 0 spiro atoms. The number of hydrogen-bond donors (Lipinski definition) is 2. The Labute approximate surface area is 107 Å². The van der Waals surface area contributed by atoms with Crippen LogP contribution in [0, 0.1) is 6.92 Å². The quantitative estimate of drug-likeness (QED) is 0.819. The van der Waals surface area contributed by atoms with Crippen LogP contribution in [0.2, 0.25) is 0 Å². The maximum atomic E-state index is 11.2. The van der Waals surface area contributed by atoms with Gasteiger partial charge in [0.1, 0.15) is 0 Å². The second kappa shape index (κ2) is 7.32. The smallest absolute Gasteiger partial charge is 0.407 e. The highest BCUT2D eigenvalue weighted by Crippen LogP contribution is 2.02. The topological polar surface area (TPSA) is 67.4 Å². The number of benzene rings is 1. The molecule has 0 aromatic heterocycles. The van der Waals surface area contributed by atoms with Crippen LogP contribution in [0.5, 0.6) is 0 Å². The minimum Gasteiger partial charge on any atom is -0.439 e. The first-order chi connectivity index (χ1) is 8.61. The van der Waals surface area contributed by atoms with Crippen molar-refractivity contribution in [1.29, 1.82) is 0 Å². The van der Waals surface area contributed by atoms with E-state index in [0.717, 1.165) is 12.0 Å². The fraction of sp³-hybridized carbons (Fsp3) is 0.385. The van der Waals surface area contributed by atoms with Gasteiger partial charge in [0.15, 0.2) is 6.61 Å². The molecule has 2 N–H and O–H groups in total. The van der Waals surface area contributed by atoms with Crippen LogP contribution in [0.4, 0.5) is 4.79 Å². The van der Waals surface area contributed by atoms with Crippen molar-refractivity contribution in [2.75, 3.05) is 20.2 Å². The molecule has 0 aliphatic carbocycles. The second-order valence-corrected chi connectivity index (χ2v) is 3.91. The molecule has 0 saturated heterocycles. The van der Waals surface area contributed by atoms with E-state index >= 15 is 0 Å². The second-order valence-electron chi connectivity index (χ2n) is 3.91. The molecular weight excluding hydrogens is 232 g/mol. The Balaban J connectivity index is 2.19. The van der Waals surface area contributed by atoms with E-state index in [2.05, 4.69) is 15.4 Å². The number of carbonyl (C=O) groups excluding carboxylic acids is 2. The van der Waals surface area contributed by atoms with Crippen LogP contribution in [0.3, 0.4) is 0 Å². The molecule has 0 aliphatic rings. The van der Waals surface area contributed by atoms with E-state index in [0.29, 0.717) is 6.54 Å². The van der Waals surface area contributed by atoms with Crippen LogP contribution in [0.15, 0.2) is 24.3 Å². The summed E-state index contributed by atoms with van der Waals surface area (Å²) in [6.45, 7) is 2.25. The Morgan fingerprint density at radius 3 is 2.50 bits per heavy atom. The Morgan fingerprint density at radius 2 is 1.89 bits per heavy atom. The summed E-state index contributed by atoms with van der Waals surface area (Å²) in [7, 11) is 1.49. The number of alkyl carbamates (subject to hydrolysis) is 1. The number of carbonyl (C=O) groups is 2. The molecule has 2 amide bonds. The van der Waals surface area contributed by atoms with Gasteiger partial charge in [-0.1, -0.05) is 29.8 Å². The van der Waals surface area contributed by atoms with Gasteiger partial charge in [0, 0.05) is 13.6 Å². The summed E-state index contributed by atoms with van der Waals surface area (Å²) < 4.78 is 4.69. The maximum absolute atomic E-state index is 11.2. The van der Waals surface area contributed by atoms with Crippen LogP contribution >= 0.6 is 0 Å². The van der Waals surface area contributed by atoms with Crippen molar-refractivity contribution in [3.8, 4) is 0 Å². The van der Waals surface area contributed by atoms with Crippen LogP contribution in [-0.4, -0.2) is 32.2 Å². The lowest BCUT2D eigenvalue weighted by molar-refractivity contribution is -0.123. The van der Waals surface area contributed by atoms with E-state index in [1.54, 1.807) is 0 Å². The molecule has 1 rings (SSSR count). The van der Waals surface area contributed by atoms with Gasteiger partial charge < -0.3 is 15.4 Å². The van der Waals surface area contributed by atoms with E-state index in [-0.39, 0.29) is 12.5 Å². The summed E-state index contributed by atoms with van der Waals surface area (Å²) in [6, 6.07) is 8.10. The third kappa shape index (κ3) is 5.34. The normalized spacial score (nSPS) is 9.67. The molecule has 0 aliphatic heterocycles. The number of likely N-dealkylation sites (N-methyl/N-ethyl adjacent to an activating group) is 1. The van der Waals surface area contributed by atoms with Gasteiger partial charge in [0.05, 0.1) is 0 Å². The van der Waals surface area contributed by atoms with Crippen molar-refractivity contribution >= 4 is 12.0 Å². The molecule has 0 atom stereocenters. The average molecular weight is 250 g/mol. The molecule has 0 radical (unpaired) electrons. The SMILES string of the molecule is CNC(=O)COC(=O)NCCc1ccc(C)cc1. The maximum Gasteiger partial charge on any atom is 0.407 e. The molecule has 1 aromatic carbocycles. The molecule has 0 heterocycles. The predicted molar refractivity (Wildman–Crippen MR) is 68.3 cm³/mol. The van der Waals surface area contributed by atoms with Crippen LogP contribution in [-0.2, 0) is 16.0 Å². The lowest BCUT2D eigenvalue weighted by atomic mass is 10.1. The zero-order chi connectivity index (χ0) is 13.4. The van der Waals surface area contributed by atoms with Crippen molar-refractivity contribution < 1.29 is 14.3 Å². The zero-order valence-corrected chi connectivity index (χ0v) is 10.7. The fourth-order valence-electron chi connectivity index (χ4n) is 1.32. The lowest BCUT2D eigenvalue weighted by Crippen LogP contribution is -2.31. The monoisotopic (exact) mass is 250 g/mol. The minimum atomic E-state index is -0.578. The van der Waals surface area contributed by atoms with Gasteiger partial charge in [-0.3, -0.25) is 4.79 Å². The first-order valence-corrected chi connectivity index (χ1v) is 5.78. The molecule has 0 saturated carbocycles. The van der Waals surface area contributed by atoms with Crippen molar-refractivity contribution in [1.82, 2.24) is 10.6 Å². The lowest BCUT2D eigenvalue weighted by Gasteiger charge is -2.06. The number of hydrogen-bond acceptors (Lipinski definition) is 3. The number of rotatable bonds is 5. The van der Waals surface area contributed by atoms with Gasteiger partial charge in [-0.05, 0) is 18.9 Å². The van der Waals surface area contributed by atoms with E-state index in [1.165, 1.54) is 12.6 Å². The van der Waals surface area contributed by atoms with Crippen molar-refractivity contribution in [3.05, 3.63) is 35.4 Å². The first kappa shape index (κ1) is 14.0. The fourth-order valence-corrected chi connectivity index (χ4v) is 1.32. The highest BCUT2D eigenvalue weighted by molar-refractivity contribution is 5.79. The summed E-state index contributed by atoms with van der Waals surface area (Å²) in [6.07, 6.45) is 0.153. The standard InChI is InChI=1S/C13H18N2O3/c1-10-3-5-11(6-4-10)7-8-15-13(17)18-9-12(16)14-2/h3-6H,7-9H2,1-2H3,(H,14,16)(H,15,17). The average Bonchev–Trinajstić information content (AvgIpc) is 2.38. The Kier molecular flexibility index (Phi) is 5.70. The molecule has 0 bridgehead atoms. The van der Waals surface area contributed by atoms with Crippen LogP contribution in [0.25, 0.3) is 0 Å². The number of amides is 2. The zero-order valence-electron chi connectivity index (χ0n) is 10.7. The summed E-state index contributed by atoms with van der Waals surface area (Å²) in [5, 5.41) is 4.95. The van der Waals surface area contributed by atoms with Gasteiger partial charge >= 0.3 is 6.09 Å². The van der Waals surface area contributed by atoms with Gasteiger partial charge in [-0.2, -0.15) is 0 Å². The molecule has 0 unspecified atom stereocenters. The minimum absolute atomic E-state index is 0.257. The Hall–Kier alpha value is -2.04. The van der Waals surface area contributed by atoms with Crippen molar-refractivity contribution in [3.63, 3.8) is 0 Å². The van der Waals surface area contributed by atoms with Crippen LogP contribution in [0.1, 0.15) is 11.1 Å². The van der Waals surface area contributed by atoms with Gasteiger partial charge in [0.25, 0.3) is 5.91 Å². The third-order valence-electron chi connectivity index (χ3n) is 2.42.